The molecule has 0 amide bonds. The molecular formula is C16H25NO2. The molecule has 0 fully saturated rings. The summed E-state index contributed by atoms with van der Waals surface area (Å²) in [5, 5.41) is 0. The van der Waals surface area contributed by atoms with Crippen LogP contribution in [0.5, 0.6) is 5.75 Å². The molecule has 3 heteroatoms. The van der Waals surface area contributed by atoms with Crippen molar-refractivity contribution in [3.63, 3.8) is 0 Å². The van der Waals surface area contributed by atoms with Gasteiger partial charge in [0.1, 0.15) is 5.75 Å². The molecule has 19 heavy (non-hydrogen) atoms. The summed E-state index contributed by atoms with van der Waals surface area (Å²) in [5.74, 6) is 1.35. The molecule has 1 aromatic rings. The molecule has 0 spiro atoms. The maximum absolute atomic E-state index is 12.6. The minimum Gasteiger partial charge on any atom is -0.496 e. The number of hydrogen-bond acceptors (Lipinski definition) is 3. The van der Waals surface area contributed by atoms with Crippen LogP contribution in [0.15, 0.2) is 12.1 Å². The van der Waals surface area contributed by atoms with Gasteiger partial charge in [0.05, 0.1) is 7.11 Å². The Labute approximate surface area is 116 Å². The van der Waals surface area contributed by atoms with Crippen LogP contribution in [-0.2, 0) is 0 Å². The molecule has 0 aliphatic heterocycles. The summed E-state index contributed by atoms with van der Waals surface area (Å²) < 4.78 is 5.28. The molecular weight excluding hydrogens is 238 g/mol. The Bertz CT molecular complexity index is 452. The maximum Gasteiger partial charge on any atom is 0.167 e. The van der Waals surface area contributed by atoms with E-state index in [0.29, 0.717) is 12.5 Å². The third-order valence-corrected chi connectivity index (χ3v) is 3.42. The molecule has 0 radical (unpaired) electrons. The third-order valence-electron chi connectivity index (χ3n) is 3.42. The van der Waals surface area contributed by atoms with Crippen molar-refractivity contribution in [2.24, 2.45) is 17.6 Å². The van der Waals surface area contributed by atoms with Gasteiger partial charge in [-0.3, -0.25) is 4.79 Å². The van der Waals surface area contributed by atoms with E-state index < -0.39 is 0 Å². The lowest BCUT2D eigenvalue weighted by molar-refractivity contribution is 0.0908. The van der Waals surface area contributed by atoms with E-state index in [2.05, 4.69) is 13.8 Å². The zero-order chi connectivity index (χ0) is 14.6. The normalized spacial score (nSPS) is 12.6. The number of ether oxygens (including phenoxy) is 1. The van der Waals surface area contributed by atoms with Crippen molar-refractivity contribution in [3.8, 4) is 5.75 Å². The lowest BCUT2D eigenvalue weighted by Crippen LogP contribution is -2.26. The van der Waals surface area contributed by atoms with E-state index >= 15 is 0 Å². The number of carbonyl (C=O) groups is 1. The zero-order valence-electron chi connectivity index (χ0n) is 12.6. The van der Waals surface area contributed by atoms with Crippen molar-refractivity contribution in [1.29, 1.82) is 0 Å². The Morgan fingerprint density at radius 1 is 1.26 bits per heavy atom. The second-order valence-corrected chi connectivity index (χ2v) is 5.56. The van der Waals surface area contributed by atoms with Gasteiger partial charge in [-0.05, 0) is 49.4 Å². The predicted molar refractivity (Wildman–Crippen MR) is 78.8 cm³/mol. The van der Waals surface area contributed by atoms with E-state index in [0.717, 1.165) is 28.9 Å². The number of aryl methyl sites for hydroxylation is 2. The summed E-state index contributed by atoms with van der Waals surface area (Å²) in [6.07, 6.45) is 0.833. The van der Waals surface area contributed by atoms with Gasteiger partial charge in [0.2, 0.25) is 0 Å². The molecule has 3 nitrogen and oxygen atoms in total. The van der Waals surface area contributed by atoms with Gasteiger partial charge in [0.15, 0.2) is 5.78 Å². The van der Waals surface area contributed by atoms with Crippen LogP contribution in [0.25, 0.3) is 0 Å². The molecule has 0 heterocycles. The van der Waals surface area contributed by atoms with Crippen LogP contribution in [0.1, 0.15) is 41.8 Å². The van der Waals surface area contributed by atoms with Crippen LogP contribution in [0.4, 0.5) is 0 Å². The summed E-state index contributed by atoms with van der Waals surface area (Å²) >= 11 is 0. The number of benzene rings is 1. The van der Waals surface area contributed by atoms with Gasteiger partial charge in [-0.25, -0.2) is 0 Å². The highest BCUT2D eigenvalue weighted by Crippen LogP contribution is 2.25. The molecule has 0 aromatic heterocycles. The minimum atomic E-state index is -0.0912. The number of carbonyl (C=O) groups excluding carboxylic acids is 1. The quantitative estimate of drug-likeness (QED) is 0.802. The van der Waals surface area contributed by atoms with Gasteiger partial charge >= 0.3 is 0 Å². The molecule has 1 unspecified atom stereocenters. The first-order chi connectivity index (χ1) is 8.90. The highest BCUT2D eigenvalue weighted by atomic mass is 16.5. The van der Waals surface area contributed by atoms with E-state index in [4.69, 9.17) is 10.5 Å². The average Bonchev–Trinajstić information content (AvgIpc) is 2.37. The molecule has 0 bridgehead atoms. The van der Waals surface area contributed by atoms with Crippen LogP contribution in [0, 0.1) is 25.7 Å². The first-order valence-electron chi connectivity index (χ1n) is 6.80. The van der Waals surface area contributed by atoms with Gasteiger partial charge in [-0.15, -0.1) is 0 Å². The van der Waals surface area contributed by atoms with Crippen LogP contribution in [-0.4, -0.2) is 19.4 Å². The lowest BCUT2D eigenvalue weighted by Gasteiger charge is -2.18. The summed E-state index contributed by atoms with van der Waals surface area (Å²) in [7, 11) is 1.64. The molecule has 0 aliphatic rings. The van der Waals surface area contributed by atoms with E-state index in [-0.39, 0.29) is 11.7 Å². The van der Waals surface area contributed by atoms with Gasteiger partial charge in [0.25, 0.3) is 0 Å². The summed E-state index contributed by atoms with van der Waals surface area (Å²) in [6, 6.07) is 3.84. The van der Waals surface area contributed by atoms with Crippen LogP contribution >= 0.6 is 0 Å². The van der Waals surface area contributed by atoms with E-state index in [1.807, 2.05) is 26.0 Å². The van der Waals surface area contributed by atoms with Crippen molar-refractivity contribution < 1.29 is 9.53 Å². The van der Waals surface area contributed by atoms with Gasteiger partial charge in [-0.2, -0.15) is 0 Å². The Kier molecular flexibility index (Phi) is 5.55. The van der Waals surface area contributed by atoms with Crippen LogP contribution in [0.2, 0.25) is 0 Å². The number of ketones is 1. The minimum absolute atomic E-state index is 0.0912. The SMILES string of the molecule is COc1cc(C)c(C(=O)C(CN)CC(C)C)cc1C. The smallest absolute Gasteiger partial charge is 0.167 e. The highest BCUT2D eigenvalue weighted by Gasteiger charge is 2.22. The van der Waals surface area contributed by atoms with Crippen molar-refractivity contribution >= 4 is 5.78 Å². The monoisotopic (exact) mass is 263 g/mol. The second kappa shape index (κ2) is 6.71. The fourth-order valence-corrected chi connectivity index (χ4v) is 2.37. The van der Waals surface area contributed by atoms with Gasteiger partial charge in [0, 0.05) is 18.0 Å². The summed E-state index contributed by atoms with van der Waals surface area (Å²) in [5.41, 5.74) is 8.47. The molecule has 0 saturated carbocycles. The molecule has 0 saturated heterocycles. The zero-order valence-corrected chi connectivity index (χ0v) is 12.6. The van der Waals surface area contributed by atoms with Crippen LogP contribution < -0.4 is 10.5 Å². The molecule has 1 aromatic carbocycles. The van der Waals surface area contributed by atoms with Crippen LogP contribution in [0.3, 0.4) is 0 Å². The van der Waals surface area contributed by atoms with Crippen molar-refractivity contribution in [1.82, 2.24) is 0 Å². The Hall–Kier alpha value is -1.35. The molecule has 106 valence electrons. The Morgan fingerprint density at radius 3 is 2.37 bits per heavy atom. The number of methoxy groups -OCH3 is 1. The fraction of sp³-hybridized carbons (Fsp3) is 0.562. The molecule has 0 aliphatic carbocycles. The van der Waals surface area contributed by atoms with E-state index in [1.54, 1.807) is 7.11 Å². The maximum atomic E-state index is 12.6. The lowest BCUT2D eigenvalue weighted by atomic mass is 9.87. The molecule has 2 N–H and O–H groups in total. The van der Waals surface area contributed by atoms with Crippen molar-refractivity contribution in [2.45, 2.75) is 34.1 Å². The van der Waals surface area contributed by atoms with Gasteiger partial charge in [-0.1, -0.05) is 13.8 Å². The number of rotatable bonds is 6. The predicted octanol–water partition coefficient (Wildman–Crippen LogP) is 3.12. The summed E-state index contributed by atoms with van der Waals surface area (Å²) in [4.78, 5) is 12.6. The highest BCUT2D eigenvalue weighted by molar-refractivity contribution is 5.99. The third kappa shape index (κ3) is 3.80. The first-order valence-corrected chi connectivity index (χ1v) is 6.80. The fourth-order valence-electron chi connectivity index (χ4n) is 2.37. The molecule has 1 rings (SSSR count). The number of Topliss-reactive ketones (excluding diaryl/α,β-unsaturated/α-hetero) is 1. The standard InChI is InChI=1S/C16H25NO2/c1-10(2)6-13(9-17)16(18)14-7-12(4)15(19-5)8-11(14)3/h7-8,10,13H,6,9,17H2,1-5H3. The Morgan fingerprint density at radius 2 is 1.89 bits per heavy atom. The average molecular weight is 263 g/mol. The first kappa shape index (κ1) is 15.7. The Balaban J connectivity index is 3.08. The van der Waals surface area contributed by atoms with E-state index in [1.165, 1.54) is 0 Å². The summed E-state index contributed by atoms with van der Waals surface area (Å²) in [6.45, 7) is 8.53. The van der Waals surface area contributed by atoms with Crippen molar-refractivity contribution in [2.75, 3.05) is 13.7 Å². The van der Waals surface area contributed by atoms with Crippen molar-refractivity contribution in [3.05, 3.63) is 28.8 Å². The number of nitrogens with two attached hydrogens (primary N) is 1. The number of hydrogen-bond donors (Lipinski definition) is 1. The van der Waals surface area contributed by atoms with Gasteiger partial charge < -0.3 is 10.5 Å². The topological polar surface area (TPSA) is 52.3 Å². The second-order valence-electron chi connectivity index (χ2n) is 5.56. The molecule has 1 atom stereocenters. The largest absolute Gasteiger partial charge is 0.496 e. The van der Waals surface area contributed by atoms with E-state index in [9.17, 15) is 4.79 Å².